The number of aryl methyl sites for hydroxylation is 2. The van der Waals surface area contributed by atoms with Crippen LogP contribution in [0.3, 0.4) is 0 Å². The van der Waals surface area contributed by atoms with Gasteiger partial charge in [-0.3, -0.25) is 14.5 Å². The molecule has 5 rings (SSSR count). The Bertz CT molecular complexity index is 1390. The van der Waals surface area contributed by atoms with Crippen LogP contribution in [0.1, 0.15) is 58.6 Å². The van der Waals surface area contributed by atoms with Gasteiger partial charge in [-0.1, -0.05) is 49.4 Å². The number of anilines is 1. The topological polar surface area (TPSA) is 76.3 Å². The zero-order chi connectivity index (χ0) is 22.4. The second-order valence-corrected chi connectivity index (χ2v) is 8.76. The first-order valence-electron chi connectivity index (χ1n) is 10.5. The molecular formula is C24H20FN3O3S. The summed E-state index contributed by atoms with van der Waals surface area (Å²) in [7, 11) is 0. The van der Waals surface area contributed by atoms with Crippen molar-refractivity contribution in [1.82, 2.24) is 10.2 Å². The minimum atomic E-state index is -0.727. The van der Waals surface area contributed by atoms with E-state index in [1.54, 1.807) is 0 Å². The normalized spacial score (nSPS) is 15.5. The zero-order valence-corrected chi connectivity index (χ0v) is 18.4. The Morgan fingerprint density at radius 1 is 1.09 bits per heavy atom. The average Bonchev–Trinajstić information content (AvgIpc) is 3.37. The van der Waals surface area contributed by atoms with Crippen LogP contribution in [-0.4, -0.2) is 16.1 Å². The average molecular weight is 450 g/mol. The van der Waals surface area contributed by atoms with Gasteiger partial charge < -0.3 is 4.42 Å². The summed E-state index contributed by atoms with van der Waals surface area (Å²) in [4.78, 5) is 28.4. The lowest BCUT2D eigenvalue weighted by Crippen LogP contribution is -2.29. The van der Waals surface area contributed by atoms with E-state index in [2.05, 4.69) is 17.1 Å². The molecule has 0 bridgehead atoms. The molecule has 4 aromatic rings. The molecule has 0 saturated heterocycles. The predicted molar refractivity (Wildman–Crippen MR) is 121 cm³/mol. The summed E-state index contributed by atoms with van der Waals surface area (Å²) in [6, 6.07) is 10.8. The summed E-state index contributed by atoms with van der Waals surface area (Å²) >= 11 is 1.33. The molecule has 0 radical (unpaired) electrons. The number of hydrogen-bond acceptors (Lipinski definition) is 6. The fourth-order valence-corrected chi connectivity index (χ4v) is 5.02. The number of benzene rings is 2. The molecule has 6 nitrogen and oxygen atoms in total. The summed E-state index contributed by atoms with van der Waals surface area (Å²) in [5.74, 6) is -1.03. The number of hydrogen-bond donors (Lipinski definition) is 0. The number of halogens is 1. The van der Waals surface area contributed by atoms with Gasteiger partial charge in [-0.2, -0.15) is 0 Å². The Balaban J connectivity index is 1.75. The van der Waals surface area contributed by atoms with Gasteiger partial charge in [-0.25, -0.2) is 4.39 Å². The van der Waals surface area contributed by atoms with Gasteiger partial charge in [-0.05, 0) is 42.2 Å². The van der Waals surface area contributed by atoms with Crippen molar-refractivity contribution in [2.75, 3.05) is 4.90 Å². The predicted octanol–water partition coefficient (Wildman–Crippen LogP) is 5.05. The Kier molecular flexibility index (Phi) is 5.09. The Morgan fingerprint density at radius 3 is 2.59 bits per heavy atom. The van der Waals surface area contributed by atoms with E-state index in [0.717, 1.165) is 41.5 Å². The van der Waals surface area contributed by atoms with Gasteiger partial charge in [0.05, 0.1) is 17.0 Å². The van der Waals surface area contributed by atoms with Crippen LogP contribution in [0.15, 0.2) is 51.7 Å². The third-order valence-corrected chi connectivity index (χ3v) is 6.64. The van der Waals surface area contributed by atoms with E-state index >= 15 is 0 Å². The van der Waals surface area contributed by atoms with E-state index < -0.39 is 23.2 Å². The van der Waals surface area contributed by atoms with Crippen molar-refractivity contribution in [2.45, 2.75) is 39.2 Å². The van der Waals surface area contributed by atoms with Gasteiger partial charge >= 0.3 is 0 Å². The number of amides is 1. The van der Waals surface area contributed by atoms with Crippen LogP contribution in [0.4, 0.5) is 9.52 Å². The van der Waals surface area contributed by atoms with Crippen LogP contribution in [0.5, 0.6) is 0 Å². The molecule has 1 amide bonds. The van der Waals surface area contributed by atoms with Gasteiger partial charge in [0, 0.05) is 6.42 Å². The molecule has 1 atom stereocenters. The first kappa shape index (κ1) is 20.5. The van der Waals surface area contributed by atoms with Crippen molar-refractivity contribution in [1.29, 1.82) is 0 Å². The smallest absolute Gasteiger partial charge is 0.297 e. The maximum atomic E-state index is 13.9. The van der Waals surface area contributed by atoms with E-state index in [-0.39, 0.29) is 22.3 Å². The van der Waals surface area contributed by atoms with Crippen molar-refractivity contribution in [2.24, 2.45) is 0 Å². The van der Waals surface area contributed by atoms with E-state index in [1.165, 1.54) is 28.4 Å². The van der Waals surface area contributed by atoms with Crippen molar-refractivity contribution in [3.8, 4) is 0 Å². The lowest BCUT2D eigenvalue weighted by Gasteiger charge is -2.22. The van der Waals surface area contributed by atoms with Gasteiger partial charge in [0.25, 0.3) is 5.91 Å². The molecule has 2 aromatic carbocycles. The fraction of sp³-hybridized carbons (Fsp3) is 0.250. The van der Waals surface area contributed by atoms with Gasteiger partial charge in [0.1, 0.15) is 16.4 Å². The van der Waals surface area contributed by atoms with Gasteiger partial charge in [-0.15, -0.1) is 10.2 Å². The largest absolute Gasteiger partial charge is 0.450 e. The van der Waals surface area contributed by atoms with Crippen molar-refractivity contribution in [3.63, 3.8) is 0 Å². The minimum absolute atomic E-state index is 0.0362. The molecule has 32 heavy (non-hydrogen) atoms. The first-order chi connectivity index (χ1) is 15.5. The molecule has 8 heteroatoms. The highest BCUT2D eigenvalue weighted by Crippen LogP contribution is 2.42. The highest BCUT2D eigenvalue weighted by molar-refractivity contribution is 7.15. The van der Waals surface area contributed by atoms with E-state index in [1.807, 2.05) is 31.2 Å². The number of nitrogens with zero attached hydrogens (tertiary/aromatic N) is 3. The lowest BCUT2D eigenvalue weighted by atomic mass is 9.97. The molecule has 1 aliphatic heterocycles. The molecule has 0 N–H and O–H groups in total. The number of rotatable bonds is 5. The van der Waals surface area contributed by atoms with Gasteiger partial charge in [0.15, 0.2) is 5.43 Å². The second kappa shape index (κ2) is 7.94. The lowest BCUT2D eigenvalue weighted by molar-refractivity contribution is 0.0970. The molecular weight excluding hydrogens is 429 g/mol. The van der Waals surface area contributed by atoms with Crippen LogP contribution in [-0.2, 0) is 12.8 Å². The van der Waals surface area contributed by atoms with Crippen molar-refractivity contribution < 1.29 is 13.6 Å². The monoisotopic (exact) mass is 449 g/mol. The summed E-state index contributed by atoms with van der Waals surface area (Å²) in [6.07, 6.45) is 2.53. The molecule has 2 aromatic heterocycles. The third-order valence-electron chi connectivity index (χ3n) is 5.66. The SMILES string of the molecule is CCCc1nnc(N2C(=O)c3oc4ccc(F)cc4c(=O)c3C2c2ccc(CC)cc2)s1. The van der Waals surface area contributed by atoms with E-state index in [0.29, 0.717) is 5.13 Å². The summed E-state index contributed by atoms with van der Waals surface area (Å²) in [5, 5.41) is 9.78. The zero-order valence-electron chi connectivity index (χ0n) is 17.6. The number of carbonyl (C=O) groups excluding carboxylic acids is 1. The van der Waals surface area contributed by atoms with E-state index in [4.69, 9.17) is 4.42 Å². The number of fused-ring (bicyclic) bond motifs is 2. The molecule has 0 aliphatic carbocycles. The first-order valence-corrected chi connectivity index (χ1v) is 11.3. The van der Waals surface area contributed by atoms with Crippen molar-refractivity contribution >= 4 is 33.3 Å². The molecule has 0 fully saturated rings. The Morgan fingerprint density at radius 2 is 1.88 bits per heavy atom. The van der Waals surface area contributed by atoms with Gasteiger partial charge in [0.2, 0.25) is 10.9 Å². The summed E-state index contributed by atoms with van der Waals surface area (Å²) in [5.41, 5.74) is 1.85. The Hall–Kier alpha value is -3.39. The molecule has 1 aliphatic rings. The maximum Gasteiger partial charge on any atom is 0.297 e. The summed E-state index contributed by atoms with van der Waals surface area (Å²) < 4.78 is 19.7. The van der Waals surface area contributed by atoms with E-state index in [9.17, 15) is 14.0 Å². The standard InChI is InChI=1S/C24H20FN3O3S/c1-3-5-18-26-27-24(32-18)28-20(14-8-6-13(4-2)7-9-14)19-21(29)16-12-15(25)10-11-17(16)31-22(19)23(28)30/h6-12,20H,3-5H2,1-2H3. The highest BCUT2D eigenvalue weighted by atomic mass is 32.1. The van der Waals surface area contributed by atoms with Crippen LogP contribution in [0.2, 0.25) is 0 Å². The van der Waals surface area contributed by atoms with Crippen LogP contribution < -0.4 is 10.3 Å². The fourth-order valence-electron chi connectivity index (χ4n) is 4.05. The highest BCUT2D eigenvalue weighted by Gasteiger charge is 2.45. The number of carbonyl (C=O) groups is 1. The molecule has 1 unspecified atom stereocenters. The molecule has 3 heterocycles. The summed E-state index contributed by atoms with van der Waals surface area (Å²) in [6.45, 7) is 4.10. The number of aromatic nitrogens is 2. The molecule has 0 spiro atoms. The van der Waals surface area contributed by atoms with Crippen LogP contribution in [0, 0.1) is 5.82 Å². The minimum Gasteiger partial charge on any atom is -0.450 e. The van der Waals surface area contributed by atoms with Crippen LogP contribution >= 0.6 is 11.3 Å². The quantitative estimate of drug-likeness (QED) is 0.426. The molecule has 162 valence electrons. The van der Waals surface area contributed by atoms with Crippen LogP contribution in [0.25, 0.3) is 11.0 Å². The molecule has 0 saturated carbocycles. The van der Waals surface area contributed by atoms with Crippen molar-refractivity contribution in [3.05, 3.63) is 86.0 Å². The second-order valence-electron chi connectivity index (χ2n) is 7.72. The third kappa shape index (κ3) is 3.22. The maximum absolute atomic E-state index is 13.9. The Labute approximate surface area is 187 Å².